The fraction of sp³-hybridized carbons (Fsp3) is 0.810. The number of carbonyl (C=O) groups is 2. The highest BCUT2D eigenvalue weighted by Gasteiger charge is 2.84. The fourth-order valence-corrected chi connectivity index (χ4v) is 14.3. The standard InChI is InChI=1S/C42H60F2N2O6/c1-25-17-30(22-46(26(2)47)21-27-18-28(43)20-29(44)19-27)51-36-35(25)39(5)11-12-42-24-41(42)10-9-33(52-34(48)23-45-13-15-50-16-14-45)38(3,4)31(41)7-8-32(42)40(39,6)37(36)49/h18-20,25,30-33,35-37,49H,7-17,21-24H2,1-6H3/t25-,30?,31+,32?,33+,35+,36?,37+,39-,40-,41-,42+/m1/s1. The van der Waals surface area contributed by atoms with E-state index in [9.17, 15) is 23.5 Å². The summed E-state index contributed by atoms with van der Waals surface area (Å²) in [5.41, 5.74) is 0.287. The second-order valence-electron chi connectivity index (χ2n) is 19.2. The first kappa shape index (κ1) is 36.8. The molecular formula is C42H60F2N2O6. The second kappa shape index (κ2) is 12.7. The first-order valence-electron chi connectivity index (χ1n) is 20.1. The van der Waals surface area contributed by atoms with Crippen molar-refractivity contribution in [1.82, 2.24) is 9.80 Å². The van der Waals surface area contributed by atoms with Gasteiger partial charge in [0, 0.05) is 50.0 Å². The minimum atomic E-state index is -0.661. The van der Waals surface area contributed by atoms with Crippen molar-refractivity contribution < 1.29 is 37.7 Å². The van der Waals surface area contributed by atoms with E-state index in [0.29, 0.717) is 43.7 Å². The van der Waals surface area contributed by atoms with Crippen LogP contribution in [0.3, 0.4) is 0 Å². The number of halogens is 2. The molecule has 2 saturated heterocycles. The van der Waals surface area contributed by atoms with Crippen molar-refractivity contribution in [1.29, 1.82) is 0 Å². The number of aliphatic hydroxyl groups is 1. The molecule has 0 radical (unpaired) electrons. The summed E-state index contributed by atoms with van der Waals surface area (Å²) in [5, 5.41) is 12.6. The van der Waals surface area contributed by atoms with Crippen molar-refractivity contribution in [2.45, 2.75) is 124 Å². The molecular weight excluding hydrogens is 666 g/mol. The molecule has 0 aromatic heterocycles. The Labute approximate surface area is 308 Å². The van der Waals surface area contributed by atoms with Gasteiger partial charge in [-0.15, -0.1) is 0 Å². The lowest BCUT2D eigenvalue weighted by Gasteiger charge is -2.63. The number of benzene rings is 1. The Balaban J connectivity index is 0.990. The highest BCUT2D eigenvalue weighted by molar-refractivity contribution is 5.73. The predicted octanol–water partition coefficient (Wildman–Crippen LogP) is 6.37. The van der Waals surface area contributed by atoms with Crippen LogP contribution in [0, 0.1) is 62.4 Å². The number of carbonyl (C=O) groups excluding carboxylic acids is 2. The van der Waals surface area contributed by atoms with E-state index in [1.807, 2.05) is 0 Å². The van der Waals surface area contributed by atoms with E-state index in [2.05, 4.69) is 39.5 Å². The maximum absolute atomic E-state index is 14.0. The molecule has 2 spiro atoms. The van der Waals surface area contributed by atoms with E-state index in [-0.39, 0.29) is 75.6 Å². The normalized spacial score (nSPS) is 44.7. The fourth-order valence-electron chi connectivity index (χ4n) is 14.3. The van der Waals surface area contributed by atoms with Gasteiger partial charge in [0.1, 0.15) is 17.7 Å². The molecule has 3 unspecified atom stereocenters. The third kappa shape index (κ3) is 5.37. The molecule has 10 heteroatoms. The van der Waals surface area contributed by atoms with Crippen LogP contribution in [0.25, 0.3) is 0 Å². The molecule has 7 fully saturated rings. The first-order chi connectivity index (χ1) is 24.6. The van der Waals surface area contributed by atoms with E-state index in [1.165, 1.54) is 31.9 Å². The third-order valence-electron chi connectivity index (χ3n) is 16.7. The predicted molar refractivity (Wildman–Crippen MR) is 191 cm³/mol. The number of ether oxygens (including phenoxy) is 3. The summed E-state index contributed by atoms with van der Waals surface area (Å²) in [6.45, 7) is 16.9. The summed E-state index contributed by atoms with van der Waals surface area (Å²) in [4.78, 5) is 29.7. The molecule has 7 aliphatic rings. The molecule has 0 bridgehead atoms. The van der Waals surface area contributed by atoms with Crippen LogP contribution >= 0.6 is 0 Å². The summed E-state index contributed by atoms with van der Waals surface area (Å²) in [5.74, 6) is -0.266. The molecule has 2 aliphatic heterocycles. The summed E-state index contributed by atoms with van der Waals surface area (Å²) in [6.07, 6.45) is 7.00. The van der Waals surface area contributed by atoms with E-state index >= 15 is 0 Å². The molecule has 12 atom stereocenters. The number of amides is 1. The number of nitrogens with zero attached hydrogens (tertiary/aromatic N) is 2. The van der Waals surface area contributed by atoms with Gasteiger partial charge in [0.05, 0.1) is 38.1 Å². The van der Waals surface area contributed by atoms with Crippen molar-refractivity contribution >= 4 is 11.9 Å². The molecule has 8 nitrogen and oxygen atoms in total. The number of rotatable bonds is 7. The Hall–Kier alpha value is -2.14. The average molecular weight is 727 g/mol. The van der Waals surface area contributed by atoms with Crippen LogP contribution < -0.4 is 0 Å². The molecule has 52 heavy (non-hydrogen) atoms. The van der Waals surface area contributed by atoms with E-state index in [0.717, 1.165) is 57.7 Å². The van der Waals surface area contributed by atoms with Crippen molar-refractivity contribution in [3.8, 4) is 0 Å². The monoisotopic (exact) mass is 726 g/mol. The van der Waals surface area contributed by atoms with Crippen molar-refractivity contribution in [3.05, 3.63) is 35.4 Å². The van der Waals surface area contributed by atoms with Gasteiger partial charge < -0.3 is 24.2 Å². The van der Waals surface area contributed by atoms with Gasteiger partial charge in [0.2, 0.25) is 5.91 Å². The zero-order valence-electron chi connectivity index (χ0n) is 32.1. The van der Waals surface area contributed by atoms with Gasteiger partial charge >= 0.3 is 5.97 Å². The Morgan fingerprint density at radius 1 is 0.981 bits per heavy atom. The lowest BCUT2D eigenvalue weighted by atomic mass is 9.41. The van der Waals surface area contributed by atoms with Crippen molar-refractivity contribution in [2.75, 3.05) is 39.4 Å². The third-order valence-corrected chi connectivity index (χ3v) is 16.7. The molecule has 5 saturated carbocycles. The number of aliphatic hydroxyl groups excluding tert-OH is 1. The summed E-state index contributed by atoms with van der Waals surface area (Å²) >= 11 is 0. The van der Waals surface area contributed by atoms with Crippen molar-refractivity contribution in [2.24, 2.45) is 50.7 Å². The first-order valence-corrected chi connectivity index (χ1v) is 20.1. The topological polar surface area (TPSA) is 88.5 Å². The van der Waals surface area contributed by atoms with Crippen LogP contribution in [-0.2, 0) is 30.3 Å². The lowest BCUT2D eigenvalue weighted by molar-refractivity contribution is -0.193. The van der Waals surface area contributed by atoms with Crippen molar-refractivity contribution in [3.63, 3.8) is 0 Å². The number of hydrogen-bond acceptors (Lipinski definition) is 7. The van der Waals surface area contributed by atoms with Gasteiger partial charge in [-0.3, -0.25) is 14.5 Å². The zero-order valence-corrected chi connectivity index (χ0v) is 32.1. The second-order valence-corrected chi connectivity index (χ2v) is 19.2. The highest BCUT2D eigenvalue weighted by Crippen LogP contribution is 2.89. The van der Waals surface area contributed by atoms with Gasteiger partial charge in [-0.2, -0.15) is 0 Å². The molecule has 1 aromatic rings. The van der Waals surface area contributed by atoms with Gasteiger partial charge in [-0.05, 0) is 109 Å². The van der Waals surface area contributed by atoms with Crippen LogP contribution in [0.15, 0.2) is 18.2 Å². The largest absolute Gasteiger partial charge is 0.461 e. The van der Waals surface area contributed by atoms with Gasteiger partial charge in [0.15, 0.2) is 0 Å². The minimum Gasteiger partial charge on any atom is -0.461 e. The van der Waals surface area contributed by atoms with E-state index < -0.39 is 17.7 Å². The van der Waals surface area contributed by atoms with Crippen LogP contribution in [0.1, 0.15) is 98.5 Å². The number of fused-ring (bicyclic) bond motifs is 4. The van der Waals surface area contributed by atoms with E-state index in [1.54, 1.807) is 4.90 Å². The van der Waals surface area contributed by atoms with Crippen LogP contribution in [0.2, 0.25) is 0 Å². The van der Waals surface area contributed by atoms with Gasteiger partial charge in [0.25, 0.3) is 0 Å². The van der Waals surface area contributed by atoms with Crippen LogP contribution in [0.4, 0.5) is 8.78 Å². The molecule has 1 amide bonds. The number of hydrogen-bond donors (Lipinski definition) is 1. The van der Waals surface area contributed by atoms with Gasteiger partial charge in [-0.25, -0.2) is 8.78 Å². The zero-order chi connectivity index (χ0) is 37.0. The van der Waals surface area contributed by atoms with E-state index in [4.69, 9.17) is 14.2 Å². The average Bonchev–Trinajstić information content (AvgIpc) is 3.70. The van der Waals surface area contributed by atoms with Crippen LogP contribution in [-0.4, -0.2) is 90.6 Å². The molecule has 8 rings (SSSR count). The molecule has 1 aromatic carbocycles. The van der Waals surface area contributed by atoms with Gasteiger partial charge in [-0.1, -0.05) is 34.6 Å². The molecule has 1 N–H and O–H groups in total. The Morgan fingerprint density at radius 2 is 1.65 bits per heavy atom. The molecule has 2 heterocycles. The molecule has 5 aliphatic carbocycles. The van der Waals surface area contributed by atoms with Crippen LogP contribution in [0.5, 0.6) is 0 Å². The maximum atomic E-state index is 14.0. The number of morpholine rings is 1. The Bertz CT molecular complexity index is 1560. The minimum absolute atomic E-state index is 0.0871. The lowest BCUT2D eigenvalue weighted by Crippen LogP contribution is -2.60. The molecule has 288 valence electrons. The smallest absolute Gasteiger partial charge is 0.320 e. The Morgan fingerprint density at radius 3 is 2.35 bits per heavy atom. The highest BCUT2D eigenvalue weighted by atomic mass is 19.1. The summed E-state index contributed by atoms with van der Waals surface area (Å²) < 4.78 is 46.7. The maximum Gasteiger partial charge on any atom is 0.320 e. The quantitative estimate of drug-likeness (QED) is 0.327. The summed E-state index contributed by atoms with van der Waals surface area (Å²) in [7, 11) is 0. The summed E-state index contributed by atoms with van der Waals surface area (Å²) in [6, 6.07) is 3.39. The SMILES string of the molecule is CC(=O)N(Cc1cc(F)cc(F)c1)CC1C[C@@H](C)[C@H]2C(O1)[C@H](O)[C@@]1(C)C3CC[C@H]4C(C)(C)[C@@H](OC(=O)CN5CCOCC5)CC[C@@]45C[C@@]35CC[C@]21C. The number of esters is 1. The Kier molecular flexibility index (Phi) is 8.99.